The lowest BCUT2D eigenvalue weighted by Crippen LogP contribution is -2.22. The summed E-state index contributed by atoms with van der Waals surface area (Å²) in [6, 6.07) is 21.7. The number of rotatable bonds is 7. The Morgan fingerprint density at radius 1 is 1.00 bits per heavy atom. The van der Waals surface area contributed by atoms with Crippen LogP contribution in [0.15, 0.2) is 88.8 Å². The van der Waals surface area contributed by atoms with E-state index in [1.54, 1.807) is 42.6 Å². The highest BCUT2D eigenvalue weighted by Gasteiger charge is 2.10. The Balaban J connectivity index is 1.56. The highest BCUT2D eigenvalue weighted by Crippen LogP contribution is 2.28. The van der Waals surface area contributed by atoms with Crippen LogP contribution in [-0.2, 0) is 11.2 Å². The lowest BCUT2D eigenvalue weighted by atomic mass is 10.2. The summed E-state index contributed by atoms with van der Waals surface area (Å²) in [5.41, 5.74) is 1.97. The summed E-state index contributed by atoms with van der Waals surface area (Å²) >= 11 is 0. The minimum atomic E-state index is -0.523. The Hall–Kier alpha value is -4.52. The van der Waals surface area contributed by atoms with Crippen LogP contribution in [0.2, 0.25) is 0 Å². The molecule has 1 aromatic heterocycles. The summed E-state index contributed by atoms with van der Waals surface area (Å²) in [6.07, 6.45) is 5.12. The molecule has 4 rings (SSSR count). The number of benzene rings is 3. The predicted octanol–water partition coefficient (Wildman–Crippen LogP) is 4.47. The van der Waals surface area contributed by atoms with Crippen LogP contribution < -0.4 is 15.0 Å². The van der Waals surface area contributed by atoms with Gasteiger partial charge in [0.1, 0.15) is 5.82 Å². The van der Waals surface area contributed by atoms with Crippen LogP contribution in [0.1, 0.15) is 23.9 Å². The predicted molar refractivity (Wildman–Crippen MR) is 132 cm³/mol. The van der Waals surface area contributed by atoms with Gasteiger partial charge in [0, 0.05) is 12.5 Å². The van der Waals surface area contributed by atoms with E-state index in [1.807, 2.05) is 49.4 Å². The van der Waals surface area contributed by atoms with Crippen molar-refractivity contribution in [2.45, 2.75) is 13.3 Å². The van der Waals surface area contributed by atoms with E-state index < -0.39 is 5.97 Å². The van der Waals surface area contributed by atoms with Gasteiger partial charge in [-0.05, 0) is 47.5 Å². The molecule has 3 aromatic carbocycles. The van der Waals surface area contributed by atoms with Crippen molar-refractivity contribution in [3.05, 3.63) is 106 Å². The fourth-order valence-electron chi connectivity index (χ4n) is 3.36. The number of hydrogen-bond acceptors (Lipinski definition) is 6. The van der Waals surface area contributed by atoms with Crippen LogP contribution in [0.25, 0.3) is 17.0 Å². The van der Waals surface area contributed by atoms with E-state index in [-0.39, 0.29) is 11.3 Å². The van der Waals surface area contributed by atoms with Crippen molar-refractivity contribution in [3.8, 4) is 11.5 Å². The van der Waals surface area contributed by atoms with Gasteiger partial charge in [-0.25, -0.2) is 9.78 Å². The van der Waals surface area contributed by atoms with Crippen LogP contribution >= 0.6 is 0 Å². The fraction of sp³-hybridized carbons (Fsp3) is 0.111. The molecule has 34 heavy (non-hydrogen) atoms. The molecule has 0 radical (unpaired) electrons. The molecule has 0 N–H and O–H groups in total. The van der Waals surface area contributed by atoms with Gasteiger partial charge < -0.3 is 9.47 Å². The summed E-state index contributed by atoms with van der Waals surface area (Å²) in [6.45, 7) is 1.92. The third-order valence-electron chi connectivity index (χ3n) is 5.07. The van der Waals surface area contributed by atoms with E-state index in [9.17, 15) is 9.59 Å². The van der Waals surface area contributed by atoms with Crippen molar-refractivity contribution in [2.24, 2.45) is 5.10 Å². The van der Waals surface area contributed by atoms with Gasteiger partial charge in [-0.1, -0.05) is 49.4 Å². The molecule has 0 aliphatic carbocycles. The number of ether oxygens (including phenoxy) is 2. The second-order valence-electron chi connectivity index (χ2n) is 7.34. The molecule has 0 unspecified atom stereocenters. The van der Waals surface area contributed by atoms with Gasteiger partial charge in [-0.15, -0.1) is 0 Å². The molecule has 0 saturated carbocycles. The fourth-order valence-corrected chi connectivity index (χ4v) is 3.36. The number of hydrogen-bond donors (Lipinski definition) is 0. The van der Waals surface area contributed by atoms with Gasteiger partial charge in [0.05, 0.1) is 24.2 Å². The van der Waals surface area contributed by atoms with E-state index in [4.69, 9.17) is 9.47 Å². The molecule has 7 heteroatoms. The second-order valence-corrected chi connectivity index (χ2v) is 7.34. The highest BCUT2D eigenvalue weighted by molar-refractivity contribution is 5.89. The van der Waals surface area contributed by atoms with Crippen molar-refractivity contribution in [1.29, 1.82) is 0 Å². The van der Waals surface area contributed by atoms with E-state index in [0.29, 0.717) is 34.5 Å². The lowest BCUT2D eigenvalue weighted by molar-refractivity contribution is -0.129. The van der Waals surface area contributed by atoms with Crippen LogP contribution in [0.4, 0.5) is 0 Å². The third-order valence-corrected chi connectivity index (χ3v) is 5.07. The number of para-hydroxylation sites is 1. The Bertz CT molecular complexity index is 1440. The standard InChI is InChI=1S/C27H23N3O4/c1-3-25-29-22-12-8-7-11-21(22)27(32)30(25)28-18-20-13-15-23(24(17-20)33-2)34-26(31)16-14-19-9-5-4-6-10-19/h4-18H,3H2,1-2H3/b16-14+,28-18?. The largest absolute Gasteiger partial charge is 0.493 e. The summed E-state index contributed by atoms with van der Waals surface area (Å²) in [7, 11) is 1.49. The molecule has 0 atom stereocenters. The zero-order chi connectivity index (χ0) is 23.9. The van der Waals surface area contributed by atoms with Crippen molar-refractivity contribution < 1.29 is 14.3 Å². The number of fused-ring (bicyclic) bond motifs is 1. The number of carbonyl (C=O) groups excluding carboxylic acids is 1. The number of esters is 1. The first kappa shape index (κ1) is 22.7. The molecule has 0 aliphatic heterocycles. The van der Waals surface area contributed by atoms with Crippen LogP contribution in [0, 0.1) is 0 Å². The van der Waals surface area contributed by atoms with E-state index in [1.165, 1.54) is 17.9 Å². The normalized spacial score (nSPS) is 11.4. The van der Waals surface area contributed by atoms with Crippen molar-refractivity contribution in [3.63, 3.8) is 0 Å². The Morgan fingerprint density at radius 2 is 1.76 bits per heavy atom. The average molecular weight is 453 g/mol. The first-order chi connectivity index (χ1) is 16.6. The molecule has 0 spiro atoms. The van der Waals surface area contributed by atoms with Crippen LogP contribution in [0.3, 0.4) is 0 Å². The summed E-state index contributed by atoms with van der Waals surface area (Å²) in [5, 5.41) is 4.87. The van der Waals surface area contributed by atoms with Crippen molar-refractivity contribution in [2.75, 3.05) is 7.11 Å². The molecule has 7 nitrogen and oxygen atoms in total. The lowest BCUT2D eigenvalue weighted by Gasteiger charge is -2.09. The van der Waals surface area contributed by atoms with Gasteiger partial charge in [-0.3, -0.25) is 4.79 Å². The zero-order valence-corrected chi connectivity index (χ0v) is 18.8. The average Bonchev–Trinajstić information content (AvgIpc) is 2.88. The molecule has 0 aliphatic rings. The number of carbonyl (C=O) groups is 1. The Labute approximate surface area is 196 Å². The van der Waals surface area contributed by atoms with Crippen molar-refractivity contribution >= 4 is 29.2 Å². The van der Waals surface area contributed by atoms with Gasteiger partial charge in [0.15, 0.2) is 11.5 Å². The summed E-state index contributed by atoms with van der Waals surface area (Å²) in [4.78, 5) is 29.7. The number of nitrogens with zero attached hydrogens (tertiary/aromatic N) is 3. The van der Waals surface area contributed by atoms with Gasteiger partial charge >= 0.3 is 5.97 Å². The molecule has 0 amide bonds. The third kappa shape index (κ3) is 5.10. The van der Waals surface area contributed by atoms with Crippen LogP contribution in [-0.4, -0.2) is 29.0 Å². The number of aromatic nitrogens is 2. The smallest absolute Gasteiger partial charge is 0.336 e. The minimum absolute atomic E-state index is 0.235. The second kappa shape index (κ2) is 10.4. The van der Waals surface area contributed by atoms with E-state index >= 15 is 0 Å². The maximum atomic E-state index is 12.9. The Kier molecular flexibility index (Phi) is 6.93. The van der Waals surface area contributed by atoms with Gasteiger partial charge in [-0.2, -0.15) is 9.78 Å². The molecule has 0 bridgehead atoms. The quantitative estimate of drug-likeness (QED) is 0.178. The zero-order valence-electron chi connectivity index (χ0n) is 18.8. The molecular weight excluding hydrogens is 430 g/mol. The number of methoxy groups -OCH3 is 1. The van der Waals surface area contributed by atoms with E-state index in [2.05, 4.69) is 10.1 Å². The SMILES string of the molecule is CCc1nc2ccccc2c(=O)n1N=Cc1ccc(OC(=O)/C=C/c2ccccc2)c(OC)c1. The maximum Gasteiger partial charge on any atom is 0.336 e. The summed E-state index contributed by atoms with van der Waals surface area (Å²) < 4.78 is 12.1. The topological polar surface area (TPSA) is 82.8 Å². The molecule has 4 aromatic rings. The summed E-state index contributed by atoms with van der Waals surface area (Å²) in [5.74, 6) is 0.680. The maximum absolute atomic E-state index is 12.9. The minimum Gasteiger partial charge on any atom is -0.493 e. The highest BCUT2D eigenvalue weighted by atomic mass is 16.6. The molecule has 1 heterocycles. The van der Waals surface area contributed by atoms with Crippen molar-refractivity contribution in [1.82, 2.24) is 9.66 Å². The first-order valence-electron chi connectivity index (χ1n) is 10.8. The molecule has 0 fully saturated rings. The van der Waals surface area contributed by atoms with Gasteiger partial charge in [0.2, 0.25) is 0 Å². The molecule has 170 valence electrons. The molecule has 0 saturated heterocycles. The first-order valence-corrected chi connectivity index (χ1v) is 10.8. The number of aryl methyl sites for hydroxylation is 1. The molecular formula is C27H23N3O4. The Morgan fingerprint density at radius 3 is 2.53 bits per heavy atom. The van der Waals surface area contributed by atoms with E-state index in [0.717, 1.165) is 5.56 Å². The van der Waals surface area contributed by atoms with Crippen LogP contribution in [0.5, 0.6) is 11.5 Å². The van der Waals surface area contributed by atoms with Gasteiger partial charge in [0.25, 0.3) is 5.56 Å². The monoisotopic (exact) mass is 453 g/mol.